The van der Waals surface area contributed by atoms with Gasteiger partial charge in [0.2, 0.25) is 17.7 Å². The quantitative estimate of drug-likeness (QED) is 0.442. The molecule has 7 heteroatoms. The molecular formula is C19H35N3O4. The molecule has 0 spiro atoms. The zero-order valence-electron chi connectivity index (χ0n) is 16.4. The predicted octanol–water partition coefficient (Wildman–Crippen LogP) is 2.28. The fraction of sp³-hybridized carbons (Fsp3) is 0.842. The average molecular weight is 370 g/mol. The van der Waals surface area contributed by atoms with Crippen molar-refractivity contribution in [3.63, 3.8) is 0 Å². The van der Waals surface area contributed by atoms with Crippen LogP contribution in [0.4, 0.5) is 0 Å². The summed E-state index contributed by atoms with van der Waals surface area (Å²) < 4.78 is 0. The van der Waals surface area contributed by atoms with Crippen LogP contribution in [0, 0.1) is 11.3 Å². The lowest BCUT2D eigenvalue weighted by Gasteiger charge is -2.31. The standard InChI is InChI=1S/C19H35N3O4/c1-19(2,3)16-18(25)20-12-10-8-6-4-5-7-9-11-14(17(24)21-16)13-15(23)22-26/h14,16,26H,4-13H2,1-3H3,(H,20,25)(H,21,24)(H,22,23)/t14-,16-/m1/s1. The Morgan fingerprint density at radius 2 is 1.62 bits per heavy atom. The minimum Gasteiger partial charge on any atom is -0.354 e. The van der Waals surface area contributed by atoms with Crippen molar-refractivity contribution in [3.05, 3.63) is 0 Å². The van der Waals surface area contributed by atoms with E-state index in [1.165, 1.54) is 0 Å². The first kappa shape index (κ1) is 22.4. The highest BCUT2D eigenvalue weighted by Gasteiger charge is 2.34. The van der Waals surface area contributed by atoms with Crippen LogP contribution in [0.5, 0.6) is 0 Å². The molecule has 150 valence electrons. The Morgan fingerprint density at radius 1 is 1.04 bits per heavy atom. The summed E-state index contributed by atoms with van der Waals surface area (Å²) in [5.41, 5.74) is 1.15. The number of hydrogen-bond donors (Lipinski definition) is 4. The van der Waals surface area contributed by atoms with Gasteiger partial charge in [-0.05, 0) is 18.3 Å². The van der Waals surface area contributed by atoms with E-state index >= 15 is 0 Å². The van der Waals surface area contributed by atoms with Gasteiger partial charge in [-0.15, -0.1) is 0 Å². The fourth-order valence-electron chi connectivity index (χ4n) is 3.24. The van der Waals surface area contributed by atoms with E-state index in [0.717, 1.165) is 44.9 Å². The maximum Gasteiger partial charge on any atom is 0.244 e. The van der Waals surface area contributed by atoms with Crippen LogP contribution in [0.3, 0.4) is 0 Å². The summed E-state index contributed by atoms with van der Waals surface area (Å²) in [6, 6.07) is -0.667. The molecule has 1 aliphatic heterocycles. The molecule has 0 saturated carbocycles. The molecule has 0 bridgehead atoms. The highest BCUT2D eigenvalue weighted by atomic mass is 16.5. The third-order valence-electron chi connectivity index (χ3n) is 4.87. The van der Waals surface area contributed by atoms with E-state index in [4.69, 9.17) is 5.21 Å². The Balaban J connectivity index is 2.91. The number of amides is 3. The Labute approximate surface area is 156 Å². The van der Waals surface area contributed by atoms with E-state index in [1.807, 2.05) is 20.8 Å². The lowest BCUT2D eigenvalue weighted by Crippen LogP contribution is -2.55. The van der Waals surface area contributed by atoms with Gasteiger partial charge in [0, 0.05) is 18.9 Å². The summed E-state index contributed by atoms with van der Waals surface area (Å²) >= 11 is 0. The first-order valence-corrected chi connectivity index (χ1v) is 9.76. The summed E-state index contributed by atoms with van der Waals surface area (Å²) in [5.74, 6) is -1.63. The normalized spacial score (nSPS) is 24.6. The number of carbonyl (C=O) groups is 3. The topological polar surface area (TPSA) is 108 Å². The molecule has 1 fully saturated rings. The molecular weight excluding hydrogens is 334 g/mol. The van der Waals surface area contributed by atoms with Gasteiger partial charge in [0.1, 0.15) is 6.04 Å². The Kier molecular flexibility index (Phi) is 9.62. The lowest BCUT2D eigenvalue weighted by atomic mass is 9.85. The maximum atomic E-state index is 12.8. The first-order valence-electron chi connectivity index (χ1n) is 9.76. The van der Waals surface area contributed by atoms with Crippen LogP contribution >= 0.6 is 0 Å². The summed E-state index contributed by atoms with van der Waals surface area (Å²) in [5, 5.41) is 14.6. The zero-order chi connectivity index (χ0) is 19.6. The lowest BCUT2D eigenvalue weighted by molar-refractivity contribution is -0.137. The molecule has 4 N–H and O–H groups in total. The maximum absolute atomic E-state index is 12.8. The van der Waals surface area contributed by atoms with Gasteiger partial charge in [0.15, 0.2) is 0 Å². The largest absolute Gasteiger partial charge is 0.354 e. The third kappa shape index (κ3) is 8.17. The Morgan fingerprint density at radius 3 is 2.19 bits per heavy atom. The van der Waals surface area contributed by atoms with Gasteiger partial charge in [-0.25, -0.2) is 5.48 Å². The van der Waals surface area contributed by atoms with Crippen LogP contribution in [0.25, 0.3) is 0 Å². The van der Waals surface area contributed by atoms with Crippen molar-refractivity contribution in [2.75, 3.05) is 6.54 Å². The number of nitrogens with one attached hydrogen (secondary N) is 3. The summed E-state index contributed by atoms with van der Waals surface area (Å²) in [4.78, 5) is 36.9. The van der Waals surface area contributed by atoms with Gasteiger partial charge in [-0.1, -0.05) is 59.3 Å². The van der Waals surface area contributed by atoms with Crippen LogP contribution < -0.4 is 16.1 Å². The Bertz CT molecular complexity index is 474. The summed E-state index contributed by atoms with van der Waals surface area (Å²) in [7, 11) is 0. The van der Waals surface area contributed by atoms with Gasteiger partial charge < -0.3 is 10.6 Å². The average Bonchev–Trinajstić information content (AvgIpc) is 2.58. The highest BCUT2D eigenvalue weighted by Crippen LogP contribution is 2.22. The van der Waals surface area contributed by atoms with Gasteiger partial charge in [0.05, 0.1) is 0 Å². The smallest absolute Gasteiger partial charge is 0.244 e. The highest BCUT2D eigenvalue weighted by molar-refractivity contribution is 5.91. The Hall–Kier alpha value is -1.63. The summed E-state index contributed by atoms with van der Waals surface area (Å²) in [6.45, 7) is 6.32. The van der Waals surface area contributed by atoms with E-state index in [9.17, 15) is 14.4 Å². The molecule has 3 amide bonds. The second-order valence-electron chi connectivity index (χ2n) is 8.30. The third-order valence-corrected chi connectivity index (χ3v) is 4.87. The molecule has 0 unspecified atom stereocenters. The van der Waals surface area contributed by atoms with Crippen molar-refractivity contribution in [2.45, 2.75) is 84.6 Å². The van der Waals surface area contributed by atoms with Crippen molar-refractivity contribution in [1.82, 2.24) is 16.1 Å². The monoisotopic (exact) mass is 369 g/mol. The molecule has 7 nitrogen and oxygen atoms in total. The minimum absolute atomic E-state index is 0.0825. The van der Waals surface area contributed by atoms with Crippen LogP contribution in [-0.2, 0) is 14.4 Å². The molecule has 1 rings (SSSR count). The minimum atomic E-state index is -0.667. The SMILES string of the molecule is CC(C)(C)[C@@H]1NC(=O)[C@@H](CC(=O)NO)CCCCCCCCCNC1=O. The fourth-order valence-corrected chi connectivity index (χ4v) is 3.24. The van der Waals surface area contributed by atoms with E-state index in [2.05, 4.69) is 10.6 Å². The van der Waals surface area contributed by atoms with E-state index < -0.39 is 23.3 Å². The van der Waals surface area contributed by atoms with E-state index in [-0.39, 0.29) is 18.2 Å². The van der Waals surface area contributed by atoms with Crippen molar-refractivity contribution >= 4 is 17.7 Å². The second kappa shape index (κ2) is 11.2. The van der Waals surface area contributed by atoms with Crippen molar-refractivity contribution < 1.29 is 19.6 Å². The molecule has 0 aromatic carbocycles. The predicted molar refractivity (Wildman–Crippen MR) is 99.4 cm³/mol. The van der Waals surface area contributed by atoms with Crippen LogP contribution in [0.2, 0.25) is 0 Å². The summed E-state index contributed by atoms with van der Waals surface area (Å²) in [6.07, 6.45) is 7.78. The molecule has 26 heavy (non-hydrogen) atoms. The van der Waals surface area contributed by atoms with Gasteiger partial charge in [0.25, 0.3) is 0 Å². The van der Waals surface area contributed by atoms with Crippen molar-refractivity contribution in [1.29, 1.82) is 0 Å². The number of rotatable bonds is 2. The molecule has 1 saturated heterocycles. The number of carbonyl (C=O) groups excluding carboxylic acids is 3. The zero-order valence-corrected chi connectivity index (χ0v) is 16.4. The number of hydroxylamine groups is 1. The van der Waals surface area contributed by atoms with E-state index in [1.54, 1.807) is 5.48 Å². The molecule has 1 aliphatic rings. The van der Waals surface area contributed by atoms with Crippen LogP contribution in [0.1, 0.15) is 78.6 Å². The molecule has 2 atom stereocenters. The van der Waals surface area contributed by atoms with Gasteiger partial charge in [-0.3, -0.25) is 19.6 Å². The first-order chi connectivity index (χ1) is 12.3. The van der Waals surface area contributed by atoms with Crippen molar-refractivity contribution in [3.8, 4) is 0 Å². The molecule has 0 aliphatic carbocycles. The van der Waals surface area contributed by atoms with Crippen LogP contribution in [-0.4, -0.2) is 35.5 Å². The second-order valence-corrected chi connectivity index (χ2v) is 8.30. The van der Waals surface area contributed by atoms with Gasteiger partial charge in [-0.2, -0.15) is 0 Å². The molecule has 0 aromatic heterocycles. The van der Waals surface area contributed by atoms with E-state index in [0.29, 0.717) is 13.0 Å². The van der Waals surface area contributed by atoms with Crippen molar-refractivity contribution in [2.24, 2.45) is 11.3 Å². The van der Waals surface area contributed by atoms with Gasteiger partial charge >= 0.3 is 0 Å². The number of hydrogen-bond acceptors (Lipinski definition) is 4. The molecule has 1 heterocycles. The molecule has 0 aromatic rings. The van der Waals surface area contributed by atoms with Crippen LogP contribution in [0.15, 0.2) is 0 Å². The molecule has 0 radical (unpaired) electrons.